The SMILES string of the molecule is CCOC(=O)c1cc(-c2ccc(C(C)(C)C)cc2)nc2c1c(C)nn2-c1ccccc1. The van der Waals surface area contributed by atoms with Gasteiger partial charge in [-0.25, -0.2) is 14.5 Å². The quantitative estimate of drug-likeness (QED) is 0.393. The first-order valence-electron chi connectivity index (χ1n) is 10.5. The number of ether oxygens (including phenoxy) is 1. The number of fused-ring (bicyclic) bond motifs is 1. The lowest BCUT2D eigenvalue weighted by atomic mass is 9.86. The number of pyridine rings is 1. The van der Waals surface area contributed by atoms with Crippen molar-refractivity contribution < 1.29 is 9.53 Å². The molecule has 0 amide bonds. The summed E-state index contributed by atoms with van der Waals surface area (Å²) in [6.07, 6.45) is 0. The highest BCUT2D eigenvalue weighted by molar-refractivity contribution is 6.05. The van der Waals surface area contributed by atoms with Gasteiger partial charge in [-0.1, -0.05) is 63.2 Å². The molecule has 2 aromatic heterocycles. The number of hydrogen-bond donors (Lipinski definition) is 0. The number of hydrogen-bond acceptors (Lipinski definition) is 4. The van der Waals surface area contributed by atoms with Gasteiger partial charge in [0.15, 0.2) is 5.65 Å². The lowest BCUT2D eigenvalue weighted by Gasteiger charge is -2.19. The third-order valence-corrected chi connectivity index (χ3v) is 5.36. The van der Waals surface area contributed by atoms with Gasteiger partial charge in [0, 0.05) is 5.56 Å². The second kappa shape index (κ2) is 7.99. The maximum atomic E-state index is 12.8. The molecule has 2 aromatic carbocycles. The third-order valence-electron chi connectivity index (χ3n) is 5.36. The standard InChI is InChI=1S/C26H27N3O2/c1-6-31-25(30)21-16-22(18-12-14-19(15-13-18)26(3,4)5)27-24-23(21)17(2)28-29(24)20-10-8-7-9-11-20/h7-16H,6H2,1-5H3. The molecule has 0 bridgehead atoms. The van der Waals surface area contributed by atoms with E-state index in [-0.39, 0.29) is 11.4 Å². The van der Waals surface area contributed by atoms with Crippen LogP contribution in [0.1, 0.15) is 49.3 Å². The molecule has 158 valence electrons. The number of aromatic nitrogens is 3. The van der Waals surface area contributed by atoms with Gasteiger partial charge in [0.25, 0.3) is 0 Å². The lowest BCUT2D eigenvalue weighted by molar-refractivity contribution is 0.0528. The van der Waals surface area contributed by atoms with Crippen molar-refractivity contribution >= 4 is 17.0 Å². The van der Waals surface area contributed by atoms with Crippen molar-refractivity contribution in [1.82, 2.24) is 14.8 Å². The van der Waals surface area contributed by atoms with Crippen molar-refractivity contribution in [2.75, 3.05) is 6.61 Å². The number of carbonyl (C=O) groups is 1. The highest BCUT2D eigenvalue weighted by atomic mass is 16.5. The Morgan fingerprint density at radius 1 is 1.03 bits per heavy atom. The van der Waals surface area contributed by atoms with Gasteiger partial charge in [-0.15, -0.1) is 0 Å². The van der Waals surface area contributed by atoms with Gasteiger partial charge in [-0.05, 0) is 43.0 Å². The summed E-state index contributed by atoms with van der Waals surface area (Å²) >= 11 is 0. The smallest absolute Gasteiger partial charge is 0.339 e. The zero-order valence-corrected chi connectivity index (χ0v) is 18.6. The molecule has 0 saturated heterocycles. The topological polar surface area (TPSA) is 57.0 Å². The molecule has 0 aliphatic heterocycles. The lowest BCUT2D eigenvalue weighted by Crippen LogP contribution is -2.10. The Morgan fingerprint density at radius 2 is 1.71 bits per heavy atom. The molecule has 0 aliphatic rings. The summed E-state index contributed by atoms with van der Waals surface area (Å²) < 4.78 is 7.15. The first-order valence-corrected chi connectivity index (χ1v) is 10.5. The second-order valence-electron chi connectivity index (χ2n) is 8.63. The van der Waals surface area contributed by atoms with E-state index in [0.717, 1.165) is 22.3 Å². The highest BCUT2D eigenvalue weighted by Crippen LogP contribution is 2.31. The molecular weight excluding hydrogens is 386 g/mol. The number of benzene rings is 2. The van der Waals surface area contributed by atoms with Crippen LogP contribution in [0.3, 0.4) is 0 Å². The van der Waals surface area contributed by atoms with Crippen LogP contribution in [0, 0.1) is 6.92 Å². The van der Waals surface area contributed by atoms with Crippen LogP contribution in [-0.2, 0) is 10.2 Å². The second-order valence-corrected chi connectivity index (χ2v) is 8.63. The number of carbonyl (C=O) groups excluding carboxylic acids is 1. The molecule has 4 aromatic rings. The molecule has 0 fully saturated rings. The number of para-hydroxylation sites is 1. The minimum absolute atomic E-state index is 0.0645. The Kier molecular flexibility index (Phi) is 5.36. The van der Waals surface area contributed by atoms with E-state index in [1.807, 2.05) is 50.2 Å². The first-order chi connectivity index (χ1) is 14.8. The maximum Gasteiger partial charge on any atom is 0.339 e. The monoisotopic (exact) mass is 413 g/mol. The molecule has 31 heavy (non-hydrogen) atoms. The molecule has 0 saturated carbocycles. The first kappa shape index (κ1) is 20.8. The maximum absolute atomic E-state index is 12.8. The molecule has 2 heterocycles. The Labute approximate surface area is 182 Å². The van der Waals surface area contributed by atoms with E-state index in [1.54, 1.807) is 4.68 Å². The number of nitrogens with zero attached hydrogens (tertiary/aromatic N) is 3. The van der Waals surface area contributed by atoms with Gasteiger partial charge < -0.3 is 4.74 Å². The van der Waals surface area contributed by atoms with E-state index in [9.17, 15) is 4.79 Å². The average Bonchev–Trinajstić information content (AvgIpc) is 3.10. The Balaban J connectivity index is 1.95. The fraction of sp³-hybridized carbons (Fsp3) is 0.269. The van der Waals surface area contributed by atoms with Gasteiger partial charge in [0.2, 0.25) is 0 Å². The van der Waals surface area contributed by atoms with Crippen LogP contribution in [0.25, 0.3) is 28.0 Å². The van der Waals surface area contributed by atoms with Crippen LogP contribution in [-0.4, -0.2) is 27.3 Å². The van der Waals surface area contributed by atoms with Crippen LogP contribution >= 0.6 is 0 Å². The van der Waals surface area contributed by atoms with Crippen molar-refractivity contribution in [2.24, 2.45) is 0 Å². The Morgan fingerprint density at radius 3 is 2.32 bits per heavy atom. The van der Waals surface area contributed by atoms with Gasteiger partial charge in [-0.3, -0.25) is 0 Å². The van der Waals surface area contributed by atoms with E-state index in [2.05, 4.69) is 45.0 Å². The van der Waals surface area contributed by atoms with Crippen molar-refractivity contribution in [3.05, 3.63) is 77.5 Å². The third kappa shape index (κ3) is 3.96. The predicted molar refractivity (Wildman–Crippen MR) is 124 cm³/mol. The summed E-state index contributed by atoms with van der Waals surface area (Å²) in [6.45, 7) is 10.6. The molecule has 0 aliphatic carbocycles. The molecule has 5 heteroatoms. The van der Waals surface area contributed by atoms with E-state index in [4.69, 9.17) is 14.8 Å². The number of rotatable bonds is 4. The molecule has 5 nitrogen and oxygen atoms in total. The molecular formula is C26H27N3O2. The predicted octanol–water partition coefficient (Wildman–Crippen LogP) is 5.87. The van der Waals surface area contributed by atoms with E-state index in [0.29, 0.717) is 23.5 Å². The van der Waals surface area contributed by atoms with Crippen LogP contribution < -0.4 is 0 Å². The molecule has 0 spiro atoms. The largest absolute Gasteiger partial charge is 0.462 e. The normalized spacial score (nSPS) is 11.6. The van der Waals surface area contributed by atoms with E-state index in [1.165, 1.54) is 5.56 Å². The number of esters is 1. The summed E-state index contributed by atoms with van der Waals surface area (Å²) in [5.41, 5.74) is 5.73. The number of aryl methyl sites for hydroxylation is 1. The molecule has 0 radical (unpaired) electrons. The van der Waals surface area contributed by atoms with Crippen LogP contribution in [0.2, 0.25) is 0 Å². The fourth-order valence-electron chi connectivity index (χ4n) is 3.70. The van der Waals surface area contributed by atoms with Gasteiger partial charge in [0.05, 0.1) is 34.6 Å². The molecule has 0 N–H and O–H groups in total. The van der Waals surface area contributed by atoms with Gasteiger partial charge in [-0.2, -0.15) is 5.10 Å². The van der Waals surface area contributed by atoms with Crippen molar-refractivity contribution in [3.8, 4) is 16.9 Å². The molecule has 0 unspecified atom stereocenters. The minimum Gasteiger partial charge on any atom is -0.462 e. The Bertz CT molecular complexity index is 1230. The summed E-state index contributed by atoms with van der Waals surface area (Å²) in [6, 6.07) is 20.0. The Hall–Kier alpha value is -3.47. The van der Waals surface area contributed by atoms with Crippen LogP contribution in [0.4, 0.5) is 0 Å². The fourth-order valence-corrected chi connectivity index (χ4v) is 3.70. The zero-order chi connectivity index (χ0) is 22.2. The molecule has 4 rings (SSSR count). The van der Waals surface area contributed by atoms with Crippen molar-refractivity contribution in [1.29, 1.82) is 0 Å². The van der Waals surface area contributed by atoms with Crippen LogP contribution in [0.15, 0.2) is 60.7 Å². The summed E-state index contributed by atoms with van der Waals surface area (Å²) in [7, 11) is 0. The van der Waals surface area contributed by atoms with Crippen molar-refractivity contribution in [2.45, 2.75) is 40.0 Å². The highest BCUT2D eigenvalue weighted by Gasteiger charge is 2.22. The summed E-state index contributed by atoms with van der Waals surface area (Å²) in [4.78, 5) is 17.8. The average molecular weight is 414 g/mol. The minimum atomic E-state index is -0.363. The van der Waals surface area contributed by atoms with E-state index >= 15 is 0 Å². The van der Waals surface area contributed by atoms with E-state index < -0.39 is 0 Å². The van der Waals surface area contributed by atoms with Gasteiger partial charge in [0.1, 0.15) is 0 Å². The van der Waals surface area contributed by atoms with Crippen LogP contribution in [0.5, 0.6) is 0 Å². The summed E-state index contributed by atoms with van der Waals surface area (Å²) in [5.74, 6) is -0.363. The van der Waals surface area contributed by atoms with Gasteiger partial charge >= 0.3 is 5.97 Å². The van der Waals surface area contributed by atoms with Crippen molar-refractivity contribution in [3.63, 3.8) is 0 Å². The summed E-state index contributed by atoms with van der Waals surface area (Å²) in [5, 5.41) is 5.41. The zero-order valence-electron chi connectivity index (χ0n) is 18.6. The molecule has 0 atom stereocenters.